The van der Waals surface area contributed by atoms with Gasteiger partial charge in [0, 0.05) is 24.7 Å². The van der Waals surface area contributed by atoms with E-state index < -0.39 is 0 Å². The number of carbonyl (C=O) groups is 1. The quantitative estimate of drug-likeness (QED) is 0.412. The van der Waals surface area contributed by atoms with Crippen molar-refractivity contribution in [1.82, 2.24) is 10.6 Å². The molecular weight excluding hydrogens is 426 g/mol. The van der Waals surface area contributed by atoms with E-state index in [4.69, 9.17) is 0 Å². The molecule has 0 saturated heterocycles. The van der Waals surface area contributed by atoms with Gasteiger partial charge in [0.2, 0.25) is 5.91 Å². The number of nitrogens with one attached hydrogen (secondary N) is 3. The molecule has 2 aliphatic rings. The molecule has 0 bridgehead atoms. The summed E-state index contributed by atoms with van der Waals surface area (Å²) >= 11 is 0. The molecule has 0 spiro atoms. The molecule has 2 atom stereocenters. The van der Waals surface area contributed by atoms with Crippen molar-refractivity contribution in [3.8, 4) is 11.5 Å². The molecule has 3 aromatic rings. The van der Waals surface area contributed by atoms with Crippen molar-refractivity contribution in [2.75, 3.05) is 18.4 Å². The van der Waals surface area contributed by atoms with Crippen molar-refractivity contribution in [3.63, 3.8) is 0 Å². The zero-order valence-electron chi connectivity index (χ0n) is 19.4. The Bertz CT molecular complexity index is 1210. The first kappa shape index (κ1) is 22.3. The summed E-state index contributed by atoms with van der Waals surface area (Å²) in [5.74, 6) is 0.527. The normalized spacial score (nSPS) is 19.3. The maximum Gasteiger partial charge on any atom is 0.237 e. The molecular formula is C28H31N3O3. The summed E-state index contributed by atoms with van der Waals surface area (Å²) in [7, 11) is 0. The van der Waals surface area contributed by atoms with E-state index in [1.54, 1.807) is 12.1 Å². The van der Waals surface area contributed by atoms with Gasteiger partial charge >= 0.3 is 0 Å². The van der Waals surface area contributed by atoms with Crippen LogP contribution in [-0.2, 0) is 24.1 Å². The lowest BCUT2D eigenvalue weighted by Gasteiger charge is -2.30. The van der Waals surface area contributed by atoms with Gasteiger partial charge in [-0.25, -0.2) is 0 Å². The summed E-state index contributed by atoms with van der Waals surface area (Å²) in [4.78, 5) is 13.4. The molecule has 5 rings (SSSR count). The highest BCUT2D eigenvalue weighted by Gasteiger charge is 2.29. The number of fused-ring (bicyclic) bond motifs is 2. The zero-order valence-corrected chi connectivity index (χ0v) is 19.4. The highest BCUT2D eigenvalue weighted by atomic mass is 16.3. The van der Waals surface area contributed by atoms with Crippen molar-refractivity contribution in [3.05, 3.63) is 88.0 Å². The van der Waals surface area contributed by atoms with Crippen LogP contribution >= 0.6 is 0 Å². The van der Waals surface area contributed by atoms with E-state index >= 15 is 0 Å². The summed E-state index contributed by atoms with van der Waals surface area (Å²) in [6.45, 7) is 3.41. The SMILES string of the molecule is Cc1cc(O)cc2c1CC(C(=O)NC1CCNc3cc(O)c(Cc4ccccc4)cc31)NCC2. The van der Waals surface area contributed by atoms with Gasteiger partial charge in [0.25, 0.3) is 0 Å². The number of carbonyl (C=O) groups excluding carboxylic acids is 1. The first-order valence-electron chi connectivity index (χ1n) is 12.0. The number of benzene rings is 3. The highest BCUT2D eigenvalue weighted by molar-refractivity contribution is 5.83. The number of phenols is 2. The van der Waals surface area contributed by atoms with Crippen molar-refractivity contribution in [2.24, 2.45) is 0 Å². The van der Waals surface area contributed by atoms with E-state index in [-0.39, 0.29) is 29.5 Å². The Balaban J connectivity index is 1.36. The molecule has 2 aliphatic heterocycles. The Morgan fingerprint density at radius 2 is 1.91 bits per heavy atom. The molecule has 2 heterocycles. The van der Waals surface area contributed by atoms with E-state index in [0.29, 0.717) is 19.4 Å². The lowest BCUT2D eigenvalue weighted by molar-refractivity contribution is -0.123. The third-order valence-electron chi connectivity index (χ3n) is 6.99. The average molecular weight is 458 g/mol. The summed E-state index contributed by atoms with van der Waals surface area (Å²) < 4.78 is 0. The Hall–Kier alpha value is -3.51. The molecule has 3 aromatic carbocycles. The second-order valence-electron chi connectivity index (χ2n) is 9.37. The monoisotopic (exact) mass is 457 g/mol. The van der Waals surface area contributed by atoms with E-state index in [1.807, 2.05) is 49.4 Å². The summed E-state index contributed by atoms with van der Waals surface area (Å²) in [5, 5.41) is 30.6. The number of aryl methyl sites for hydroxylation is 1. The topological polar surface area (TPSA) is 93.6 Å². The molecule has 0 aromatic heterocycles. The summed E-state index contributed by atoms with van der Waals surface area (Å²) in [6, 6.07) is 17.0. The number of rotatable bonds is 4. The third kappa shape index (κ3) is 4.59. The highest BCUT2D eigenvalue weighted by Crippen LogP contribution is 2.36. The Morgan fingerprint density at radius 1 is 1.09 bits per heavy atom. The second kappa shape index (κ2) is 9.39. The van der Waals surface area contributed by atoms with Gasteiger partial charge in [0.05, 0.1) is 12.1 Å². The van der Waals surface area contributed by atoms with E-state index in [9.17, 15) is 15.0 Å². The minimum absolute atomic E-state index is 0.0177. The van der Waals surface area contributed by atoms with Crippen LogP contribution in [0.15, 0.2) is 54.6 Å². The van der Waals surface area contributed by atoms with Crippen LogP contribution in [0.4, 0.5) is 5.69 Å². The van der Waals surface area contributed by atoms with E-state index in [0.717, 1.165) is 58.5 Å². The van der Waals surface area contributed by atoms with Gasteiger partial charge in [-0.15, -0.1) is 0 Å². The molecule has 0 saturated carbocycles. The van der Waals surface area contributed by atoms with Crippen LogP contribution in [0.1, 0.15) is 45.8 Å². The Labute approximate surface area is 200 Å². The van der Waals surface area contributed by atoms with Gasteiger partial charge in [0.1, 0.15) is 11.5 Å². The Kier molecular flexibility index (Phi) is 6.16. The molecule has 5 N–H and O–H groups in total. The summed E-state index contributed by atoms with van der Waals surface area (Å²) in [5.41, 5.74) is 7.13. The van der Waals surface area contributed by atoms with Crippen molar-refractivity contribution in [2.45, 2.75) is 44.7 Å². The lowest BCUT2D eigenvalue weighted by Crippen LogP contribution is -2.47. The number of amides is 1. The lowest BCUT2D eigenvalue weighted by atomic mass is 9.92. The molecule has 6 nitrogen and oxygen atoms in total. The average Bonchev–Trinajstić information content (AvgIpc) is 3.03. The van der Waals surface area contributed by atoms with Gasteiger partial charge in [-0.05, 0) is 84.3 Å². The van der Waals surface area contributed by atoms with Gasteiger partial charge in [0.15, 0.2) is 0 Å². The van der Waals surface area contributed by atoms with E-state index in [2.05, 4.69) is 16.0 Å². The Morgan fingerprint density at radius 3 is 2.74 bits per heavy atom. The van der Waals surface area contributed by atoms with Crippen LogP contribution in [-0.4, -0.2) is 35.3 Å². The van der Waals surface area contributed by atoms with Gasteiger partial charge in [-0.2, -0.15) is 0 Å². The summed E-state index contributed by atoms with van der Waals surface area (Å²) in [6.07, 6.45) is 2.80. The van der Waals surface area contributed by atoms with Crippen molar-refractivity contribution in [1.29, 1.82) is 0 Å². The van der Waals surface area contributed by atoms with Crippen LogP contribution in [0.2, 0.25) is 0 Å². The molecule has 1 amide bonds. The molecule has 0 aliphatic carbocycles. The minimum atomic E-state index is -0.330. The fourth-order valence-corrected chi connectivity index (χ4v) is 5.21. The maximum absolute atomic E-state index is 13.4. The van der Waals surface area contributed by atoms with Gasteiger partial charge < -0.3 is 26.2 Å². The zero-order chi connectivity index (χ0) is 23.7. The standard InChI is InChI=1S/C28H31N3O3/c1-17-11-21(32)13-19-7-9-30-26(15-22(17)19)28(34)31-24-8-10-29-25-16-27(33)20(14-23(24)25)12-18-5-3-2-4-6-18/h2-6,11,13-14,16,24,26,29-30,32-33H,7-10,12,15H2,1H3,(H,31,34). The molecule has 34 heavy (non-hydrogen) atoms. The van der Waals surface area contributed by atoms with Crippen LogP contribution in [0.25, 0.3) is 0 Å². The van der Waals surface area contributed by atoms with Crippen molar-refractivity contribution < 1.29 is 15.0 Å². The molecule has 6 heteroatoms. The smallest absolute Gasteiger partial charge is 0.237 e. The number of hydrogen-bond acceptors (Lipinski definition) is 5. The third-order valence-corrected chi connectivity index (χ3v) is 6.99. The van der Waals surface area contributed by atoms with Crippen LogP contribution < -0.4 is 16.0 Å². The van der Waals surface area contributed by atoms with Crippen molar-refractivity contribution >= 4 is 11.6 Å². The molecule has 2 unspecified atom stereocenters. The number of hydrogen-bond donors (Lipinski definition) is 5. The molecule has 176 valence electrons. The first-order valence-corrected chi connectivity index (χ1v) is 12.0. The van der Waals surface area contributed by atoms with Crippen LogP contribution in [0.5, 0.6) is 11.5 Å². The predicted molar refractivity (Wildman–Crippen MR) is 133 cm³/mol. The second-order valence-corrected chi connectivity index (χ2v) is 9.37. The fourth-order valence-electron chi connectivity index (χ4n) is 5.21. The maximum atomic E-state index is 13.4. The first-order chi connectivity index (χ1) is 16.5. The molecule has 0 fully saturated rings. The molecule has 0 radical (unpaired) electrons. The van der Waals surface area contributed by atoms with Gasteiger partial charge in [-0.1, -0.05) is 30.3 Å². The van der Waals surface area contributed by atoms with E-state index in [1.165, 1.54) is 0 Å². The van der Waals surface area contributed by atoms with Crippen LogP contribution in [0, 0.1) is 6.92 Å². The minimum Gasteiger partial charge on any atom is -0.508 e. The number of phenolic OH excluding ortho intramolecular Hbond substituents is 2. The number of aromatic hydroxyl groups is 2. The van der Waals surface area contributed by atoms with Gasteiger partial charge in [-0.3, -0.25) is 4.79 Å². The predicted octanol–water partition coefficient (Wildman–Crippen LogP) is 3.73. The fraction of sp³-hybridized carbons (Fsp3) is 0.321. The van der Waals surface area contributed by atoms with Crippen LogP contribution in [0.3, 0.4) is 0 Å². The largest absolute Gasteiger partial charge is 0.508 e. The number of anilines is 1.